The number of esters is 2. The van der Waals surface area contributed by atoms with Gasteiger partial charge in [-0.05, 0) is 90.8 Å². The number of hydrogen-bond donors (Lipinski definition) is 5. The van der Waals surface area contributed by atoms with E-state index in [1.807, 2.05) is 90.9 Å². The second-order valence-corrected chi connectivity index (χ2v) is 22.0. The number of benzene rings is 1. The molecule has 6 amide bonds. The predicted octanol–water partition coefficient (Wildman–Crippen LogP) is 3.36. The highest BCUT2D eigenvalue weighted by molar-refractivity contribution is 5.91. The lowest BCUT2D eigenvalue weighted by Gasteiger charge is -2.41. The van der Waals surface area contributed by atoms with Gasteiger partial charge in [0.25, 0.3) is 0 Å². The van der Waals surface area contributed by atoms with Crippen molar-refractivity contribution in [3.8, 4) is 0 Å². The molecule has 4 unspecified atom stereocenters. The normalized spacial score (nSPS) is 17.9. The summed E-state index contributed by atoms with van der Waals surface area (Å²) in [6, 6.07) is 4.02. The fourth-order valence-corrected chi connectivity index (χ4v) is 9.63. The van der Waals surface area contributed by atoms with Crippen molar-refractivity contribution >= 4 is 47.4 Å². The van der Waals surface area contributed by atoms with Crippen LogP contribution in [0.5, 0.6) is 0 Å². The van der Waals surface area contributed by atoms with E-state index in [0.29, 0.717) is 25.8 Å². The molecule has 1 aromatic carbocycles. The molecule has 0 aromatic heterocycles. The van der Waals surface area contributed by atoms with E-state index in [4.69, 9.17) is 24.7 Å². The molecule has 1 heterocycles. The molecule has 1 saturated heterocycles. The summed E-state index contributed by atoms with van der Waals surface area (Å²) in [5.74, 6) is -4.51. The molecule has 75 heavy (non-hydrogen) atoms. The molecule has 1 aliphatic rings. The van der Waals surface area contributed by atoms with Crippen molar-refractivity contribution in [1.29, 1.82) is 0 Å². The number of nitrogens with zero attached hydrogens (tertiary/aromatic N) is 3. The van der Waals surface area contributed by atoms with Gasteiger partial charge in [0.05, 0.1) is 49.3 Å². The number of ether oxygens (including phenoxy) is 4. The SMILES string of the molecule is CC[C@H](C)[C@@H]([C@@H](CC(=O)N1CCC[C@H]1[C@H](OC)[C@@H](C)C(=O)N[C@@H](Cc1ccccc1)C(=O)NCCCOC(=O)C(C)NC(=O)CCC(N)C(=O)OC(C)(C)C)OC)N(C)C(=O)C(NC(=O)C(C(C)C)N(C)C)C(C)C. The molecule has 1 fully saturated rings. The third kappa shape index (κ3) is 21.0. The Morgan fingerprint density at radius 1 is 0.827 bits per heavy atom. The first-order valence-electron chi connectivity index (χ1n) is 26.7. The Balaban J connectivity index is 2.14. The molecule has 20 nitrogen and oxygen atoms in total. The first-order chi connectivity index (χ1) is 35.1. The summed E-state index contributed by atoms with van der Waals surface area (Å²) in [5.41, 5.74) is 5.96. The van der Waals surface area contributed by atoms with Crippen LogP contribution in [0.4, 0.5) is 0 Å². The molecule has 6 N–H and O–H groups in total. The van der Waals surface area contributed by atoms with Crippen LogP contribution in [0.15, 0.2) is 30.3 Å². The molecular weight excluding hydrogens is 965 g/mol. The monoisotopic (exact) mass is 1060 g/mol. The van der Waals surface area contributed by atoms with Gasteiger partial charge in [0, 0.05) is 47.2 Å². The minimum Gasteiger partial charge on any atom is -0.464 e. The van der Waals surface area contributed by atoms with Gasteiger partial charge in [-0.1, -0.05) is 85.2 Å². The van der Waals surface area contributed by atoms with Crippen LogP contribution in [0.1, 0.15) is 127 Å². The highest BCUT2D eigenvalue weighted by Crippen LogP contribution is 2.30. The quantitative estimate of drug-likeness (QED) is 0.0528. The van der Waals surface area contributed by atoms with Gasteiger partial charge in [0.15, 0.2) is 0 Å². The standard InChI is InChI=1S/C55H94N8O12/c1-17-35(6)47(62(14)52(69)45(33(2)3)60-51(68)46(34(4)5)61(12)13)42(72-15)32-44(65)63-29-21-25-41(63)48(73-16)36(7)49(66)59-40(31-38-23-19-18-20-24-38)50(67)57-28-22-30-74-53(70)37(8)58-43(64)27-26-39(56)54(71)75-55(9,10)11/h18-20,23-24,33-37,39-42,45-48H,17,21-22,25-32,56H2,1-16H3,(H,57,67)(H,58,64)(H,59,66)(H,60,68)/t35-,36+,37?,39?,40-,41-,42+,45?,46?,47-,48+/m0/s1. The number of likely N-dealkylation sites (tertiary alicyclic amines) is 1. The fraction of sp³-hybridized carbons (Fsp3) is 0.745. The van der Waals surface area contributed by atoms with Gasteiger partial charge in [-0.3, -0.25) is 38.5 Å². The molecule has 2 rings (SSSR count). The maximum absolute atomic E-state index is 14.5. The van der Waals surface area contributed by atoms with E-state index in [-0.39, 0.29) is 80.7 Å². The lowest BCUT2D eigenvalue weighted by atomic mass is 9.89. The lowest BCUT2D eigenvalue weighted by molar-refractivity contribution is -0.157. The number of amides is 6. The number of carbonyl (C=O) groups is 8. The Bertz CT molecular complexity index is 1990. The fourth-order valence-electron chi connectivity index (χ4n) is 9.63. The van der Waals surface area contributed by atoms with Crippen LogP contribution in [0.2, 0.25) is 0 Å². The van der Waals surface area contributed by atoms with Gasteiger partial charge in [-0.25, -0.2) is 4.79 Å². The third-order valence-electron chi connectivity index (χ3n) is 13.8. The average molecular weight is 1060 g/mol. The van der Waals surface area contributed by atoms with Crippen LogP contribution < -0.4 is 27.0 Å². The van der Waals surface area contributed by atoms with Gasteiger partial charge in [-0.15, -0.1) is 0 Å². The van der Waals surface area contributed by atoms with Gasteiger partial charge < -0.3 is 55.7 Å². The number of carbonyl (C=O) groups excluding carboxylic acids is 8. The van der Waals surface area contributed by atoms with Crippen LogP contribution in [-0.4, -0.2) is 177 Å². The summed E-state index contributed by atoms with van der Waals surface area (Å²) in [7, 11) is 8.41. The van der Waals surface area contributed by atoms with Crippen LogP contribution in [0.3, 0.4) is 0 Å². The third-order valence-corrected chi connectivity index (χ3v) is 13.8. The van der Waals surface area contributed by atoms with E-state index in [2.05, 4.69) is 21.3 Å². The molecule has 426 valence electrons. The second kappa shape index (κ2) is 31.8. The first-order valence-corrected chi connectivity index (χ1v) is 26.7. The summed E-state index contributed by atoms with van der Waals surface area (Å²) in [5, 5.41) is 11.3. The van der Waals surface area contributed by atoms with Crippen molar-refractivity contribution in [3.05, 3.63) is 35.9 Å². The van der Waals surface area contributed by atoms with Gasteiger partial charge in [0.2, 0.25) is 35.4 Å². The van der Waals surface area contributed by atoms with Crippen molar-refractivity contribution in [1.82, 2.24) is 36.0 Å². The summed E-state index contributed by atoms with van der Waals surface area (Å²) < 4.78 is 22.7. The molecule has 0 spiro atoms. The van der Waals surface area contributed by atoms with Crippen LogP contribution >= 0.6 is 0 Å². The topological polar surface area (TPSA) is 257 Å². The van der Waals surface area contributed by atoms with Gasteiger partial charge >= 0.3 is 11.9 Å². The molecule has 1 aromatic rings. The number of likely N-dealkylation sites (N-methyl/N-ethyl adjacent to an activating group) is 2. The molecule has 0 radical (unpaired) electrons. The minimum absolute atomic E-state index is 0.00864. The van der Waals surface area contributed by atoms with E-state index in [1.165, 1.54) is 21.1 Å². The molecule has 0 saturated carbocycles. The van der Waals surface area contributed by atoms with Crippen LogP contribution in [-0.2, 0) is 63.7 Å². The van der Waals surface area contributed by atoms with E-state index in [1.54, 1.807) is 44.5 Å². The zero-order chi connectivity index (χ0) is 56.9. The van der Waals surface area contributed by atoms with Crippen molar-refractivity contribution in [2.45, 2.75) is 188 Å². The Morgan fingerprint density at radius 3 is 2.01 bits per heavy atom. The summed E-state index contributed by atoms with van der Waals surface area (Å²) in [4.78, 5) is 113. The molecule has 0 aliphatic carbocycles. The predicted molar refractivity (Wildman–Crippen MR) is 287 cm³/mol. The maximum atomic E-state index is 14.5. The Kier molecular flexibility index (Phi) is 27.9. The van der Waals surface area contributed by atoms with E-state index >= 15 is 0 Å². The number of rotatable bonds is 31. The average Bonchev–Trinajstić information content (AvgIpc) is 3.83. The molecular formula is C55H94N8O12. The summed E-state index contributed by atoms with van der Waals surface area (Å²) in [6.07, 6.45) is 0.786. The number of nitrogens with one attached hydrogen (secondary N) is 4. The first kappa shape index (κ1) is 65.9. The van der Waals surface area contributed by atoms with E-state index in [9.17, 15) is 38.4 Å². The van der Waals surface area contributed by atoms with Gasteiger partial charge in [-0.2, -0.15) is 0 Å². The molecule has 1 aliphatic heterocycles. The van der Waals surface area contributed by atoms with Crippen molar-refractivity contribution < 1.29 is 57.3 Å². The summed E-state index contributed by atoms with van der Waals surface area (Å²) in [6.45, 7) is 20.5. The molecule has 11 atom stereocenters. The molecule has 0 bridgehead atoms. The Labute approximate surface area is 447 Å². The van der Waals surface area contributed by atoms with Gasteiger partial charge in [0.1, 0.15) is 29.8 Å². The lowest BCUT2D eigenvalue weighted by Crippen LogP contribution is -2.59. The minimum atomic E-state index is -0.998. The Hall–Kier alpha value is -5.18. The summed E-state index contributed by atoms with van der Waals surface area (Å²) >= 11 is 0. The van der Waals surface area contributed by atoms with Crippen LogP contribution in [0, 0.1) is 23.7 Å². The van der Waals surface area contributed by atoms with Crippen molar-refractivity contribution in [3.63, 3.8) is 0 Å². The maximum Gasteiger partial charge on any atom is 0.328 e. The smallest absolute Gasteiger partial charge is 0.328 e. The van der Waals surface area contributed by atoms with Crippen LogP contribution in [0.25, 0.3) is 0 Å². The zero-order valence-electron chi connectivity index (χ0n) is 48.0. The molecule has 20 heteroatoms. The number of hydrogen-bond acceptors (Lipinski definition) is 14. The highest BCUT2D eigenvalue weighted by Gasteiger charge is 2.44. The number of methoxy groups -OCH3 is 2. The highest BCUT2D eigenvalue weighted by atomic mass is 16.6. The van der Waals surface area contributed by atoms with Crippen molar-refractivity contribution in [2.24, 2.45) is 29.4 Å². The second-order valence-electron chi connectivity index (χ2n) is 22.0. The largest absolute Gasteiger partial charge is 0.464 e. The Morgan fingerprint density at radius 2 is 1.47 bits per heavy atom. The van der Waals surface area contributed by atoms with Crippen molar-refractivity contribution in [2.75, 3.05) is 55.1 Å². The van der Waals surface area contributed by atoms with E-state index < -0.39 is 95.7 Å². The number of nitrogens with two attached hydrogens (primary N) is 1. The van der Waals surface area contributed by atoms with E-state index in [0.717, 1.165) is 5.56 Å². The zero-order valence-corrected chi connectivity index (χ0v) is 48.0.